The van der Waals surface area contributed by atoms with Crippen molar-refractivity contribution in [3.8, 4) is 0 Å². The van der Waals surface area contributed by atoms with Gasteiger partial charge in [0, 0.05) is 0 Å². The monoisotopic (exact) mass is 248 g/mol. The molecule has 1 aromatic heterocycles. The number of alkyl halides is 2. The highest BCUT2D eigenvalue weighted by Crippen LogP contribution is 2.26. The number of pyridine rings is 1. The van der Waals surface area contributed by atoms with Crippen LogP contribution in [0.4, 0.5) is 14.6 Å². The van der Waals surface area contributed by atoms with Gasteiger partial charge in [-0.3, -0.25) is 4.79 Å². The van der Waals surface area contributed by atoms with Crippen LogP contribution in [0.5, 0.6) is 0 Å². The minimum Gasteiger partial charge on any atom is -0.481 e. The number of hydrogen-bond donors (Lipinski definition) is 2. The second-order valence-electron chi connectivity index (χ2n) is 3.06. The van der Waals surface area contributed by atoms with Crippen LogP contribution in [0.3, 0.4) is 0 Å². The standard InChI is InChI=1S/C8H6F2N2O5/c9-6(10)4-1-3(2-5(13)14)8(15)11-7(4)12(16)17/h1,6H,2H2,(H,11,15)(H,13,14). The highest BCUT2D eigenvalue weighted by Gasteiger charge is 2.24. The van der Waals surface area contributed by atoms with Crippen LogP contribution >= 0.6 is 0 Å². The van der Waals surface area contributed by atoms with E-state index >= 15 is 0 Å². The van der Waals surface area contributed by atoms with Crippen molar-refractivity contribution >= 4 is 11.8 Å². The molecule has 0 bridgehead atoms. The van der Waals surface area contributed by atoms with Crippen LogP contribution < -0.4 is 5.56 Å². The Bertz CT molecular complexity index is 525. The number of nitrogens with zero attached hydrogens (tertiary/aromatic N) is 1. The van der Waals surface area contributed by atoms with E-state index in [1.165, 1.54) is 0 Å². The highest BCUT2D eigenvalue weighted by molar-refractivity contribution is 5.70. The van der Waals surface area contributed by atoms with Gasteiger partial charge in [0.15, 0.2) is 0 Å². The van der Waals surface area contributed by atoms with Gasteiger partial charge in [-0.05, 0) is 11.0 Å². The quantitative estimate of drug-likeness (QED) is 0.605. The maximum Gasteiger partial charge on any atom is 0.335 e. The highest BCUT2D eigenvalue weighted by atomic mass is 19.3. The molecule has 92 valence electrons. The summed E-state index contributed by atoms with van der Waals surface area (Å²) in [4.78, 5) is 32.4. The van der Waals surface area contributed by atoms with Gasteiger partial charge in [0.25, 0.3) is 6.43 Å². The van der Waals surface area contributed by atoms with E-state index in [1.54, 1.807) is 4.98 Å². The molecule has 0 amide bonds. The topological polar surface area (TPSA) is 113 Å². The van der Waals surface area contributed by atoms with Gasteiger partial charge in [-0.1, -0.05) is 0 Å². The first-order valence-electron chi connectivity index (χ1n) is 4.23. The second kappa shape index (κ2) is 4.68. The number of carboxylic acid groups (broad SMARTS) is 1. The third kappa shape index (κ3) is 2.83. The van der Waals surface area contributed by atoms with Crippen molar-refractivity contribution in [2.75, 3.05) is 0 Å². The molecule has 7 nitrogen and oxygen atoms in total. The van der Waals surface area contributed by atoms with E-state index in [-0.39, 0.29) is 0 Å². The van der Waals surface area contributed by atoms with Crippen molar-refractivity contribution in [3.05, 3.63) is 37.7 Å². The SMILES string of the molecule is O=C(O)Cc1cc(C(F)F)c([N+](=O)[O-])[nH]c1=O. The molecule has 0 atom stereocenters. The number of rotatable bonds is 4. The summed E-state index contributed by atoms with van der Waals surface area (Å²) < 4.78 is 24.9. The van der Waals surface area contributed by atoms with Crippen LogP contribution in [-0.4, -0.2) is 21.0 Å². The average Bonchev–Trinajstić information content (AvgIpc) is 2.19. The Hall–Kier alpha value is -2.32. The van der Waals surface area contributed by atoms with Crippen molar-refractivity contribution in [3.63, 3.8) is 0 Å². The number of aliphatic carboxylic acids is 1. The molecule has 9 heteroatoms. The van der Waals surface area contributed by atoms with Crippen LogP contribution in [-0.2, 0) is 11.2 Å². The van der Waals surface area contributed by atoms with E-state index in [9.17, 15) is 28.5 Å². The molecule has 0 saturated heterocycles. The first kappa shape index (κ1) is 12.7. The number of nitrogens with one attached hydrogen (secondary N) is 1. The number of aromatic amines is 1. The number of carboxylic acids is 1. The first-order chi connectivity index (χ1) is 7.82. The van der Waals surface area contributed by atoms with Gasteiger partial charge < -0.3 is 15.2 Å². The molecule has 1 heterocycles. The Morgan fingerprint density at radius 2 is 2.18 bits per heavy atom. The summed E-state index contributed by atoms with van der Waals surface area (Å²) in [5, 5.41) is 18.8. The molecule has 0 saturated carbocycles. The molecule has 1 rings (SSSR count). The summed E-state index contributed by atoms with van der Waals surface area (Å²) in [5.74, 6) is -2.52. The van der Waals surface area contributed by atoms with E-state index in [1.807, 2.05) is 0 Å². The maximum atomic E-state index is 12.5. The molecular weight excluding hydrogens is 242 g/mol. The zero-order valence-electron chi connectivity index (χ0n) is 8.15. The lowest BCUT2D eigenvalue weighted by atomic mass is 10.1. The summed E-state index contributed by atoms with van der Waals surface area (Å²) in [7, 11) is 0. The van der Waals surface area contributed by atoms with Gasteiger partial charge in [-0.2, -0.15) is 0 Å². The molecule has 0 radical (unpaired) electrons. The number of H-pyrrole nitrogens is 1. The number of carbonyl (C=O) groups is 1. The summed E-state index contributed by atoms with van der Waals surface area (Å²) in [6.45, 7) is 0. The Morgan fingerprint density at radius 1 is 1.59 bits per heavy atom. The van der Waals surface area contributed by atoms with Crippen molar-refractivity contribution in [2.45, 2.75) is 12.8 Å². The Morgan fingerprint density at radius 3 is 2.59 bits per heavy atom. The fraction of sp³-hybridized carbons (Fsp3) is 0.250. The van der Waals surface area contributed by atoms with Crippen molar-refractivity contribution in [1.29, 1.82) is 0 Å². The summed E-state index contributed by atoms with van der Waals surface area (Å²) in [6.07, 6.45) is -3.97. The van der Waals surface area contributed by atoms with E-state index in [0.29, 0.717) is 6.07 Å². The predicted octanol–water partition coefficient (Wildman–Crippen LogP) is 0.848. The van der Waals surface area contributed by atoms with Gasteiger partial charge >= 0.3 is 17.3 Å². The molecule has 0 fully saturated rings. The molecule has 0 aliphatic carbocycles. The lowest BCUT2D eigenvalue weighted by molar-refractivity contribution is -0.391. The first-order valence-corrected chi connectivity index (χ1v) is 4.23. The minimum atomic E-state index is -3.18. The van der Waals surface area contributed by atoms with Gasteiger partial charge in [0.1, 0.15) is 5.56 Å². The predicted molar refractivity (Wildman–Crippen MR) is 50.0 cm³/mol. The summed E-state index contributed by atoms with van der Waals surface area (Å²) in [5.41, 5.74) is -2.53. The van der Waals surface area contributed by atoms with Crippen molar-refractivity contribution < 1.29 is 23.6 Å². The Balaban J connectivity index is 3.40. The zero-order chi connectivity index (χ0) is 13.2. The molecule has 1 aromatic rings. The maximum absolute atomic E-state index is 12.5. The normalized spacial score (nSPS) is 10.5. The van der Waals surface area contributed by atoms with Gasteiger partial charge in [0.05, 0.1) is 12.0 Å². The fourth-order valence-corrected chi connectivity index (χ4v) is 1.19. The van der Waals surface area contributed by atoms with Crippen molar-refractivity contribution in [1.82, 2.24) is 4.98 Å². The molecular formula is C8H6F2N2O5. The lowest BCUT2D eigenvalue weighted by Crippen LogP contribution is -2.19. The fourth-order valence-electron chi connectivity index (χ4n) is 1.19. The zero-order valence-corrected chi connectivity index (χ0v) is 8.15. The van der Waals surface area contributed by atoms with Crippen LogP contribution in [0.15, 0.2) is 10.9 Å². The van der Waals surface area contributed by atoms with Crippen LogP contribution in [0.1, 0.15) is 17.6 Å². The van der Waals surface area contributed by atoms with E-state index in [0.717, 1.165) is 0 Å². The van der Waals surface area contributed by atoms with E-state index in [4.69, 9.17) is 5.11 Å². The summed E-state index contributed by atoms with van der Waals surface area (Å²) >= 11 is 0. The molecule has 0 aromatic carbocycles. The molecule has 0 aliphatic rings. The summed E-state index contributed by atoms with van der Waals surface area (Å²) in [6, 6.07) is 0.537. The lowest BCUT2D eigenvalue weighted by Gasteiger charge is -2.03. The smallest absolute Gasteiger partial charge is 0.335 e. The average molecular weight is 248 g/mol. The second-order valence-corrected chi connectivity index (χ2v) is 3.06. The number of halogens is 2. The Kier molecular flexibility index (Phi) is 3.51. The van der Waals surface area contributed by atoms with Gasteiger partial charge in [0.2, 0.25) is 0 Å². The minimum absolute atomic E-state index is 0.460. The van der Waals surface area contributed by atoms with Crippen LogP contribution in [0.2, 0.25) is 0 Å². The third-order valence-electron chi connectivity index (χ3n) is 1.89. The van der Waals surface area contributed by atoms with Gasteiger partial charge in [-0.15, -0.1) is 0 Å². The van der Waals surface area contributed by atoms with E-state index in [2.05, 4.69) is 0 Å². The Labute approximate surface area is 91.8 Å². The van der Waals surface area contributed by atoms with Gasteiger partial charge in [-0.25, -0.2) is 18.6 Å². The van der Waals surface area contributed by atoms with Crippen LogP contribution in [0, 0.1) is 10.1 Å². The molecule has 0 unspecified atom stereocenters. The molecule has 17 heavy (non-hydrogen) atoms. The van der Waals surface area contributed by atoms with Crippen molar-refractivity contribution in [2.24, 2.45) is 0 Å². The molecule has 2 N–H and O–H groups in total. The molecule has 0 aliphatic heterocycles. The van der Waals surface area contributed by atoms with Crippen LogP contribution in [0.25, 0.3) is 0 Å². The van der Waals surface area contributed by atoms with E-state index < -0.39 is 46.2 Å². The largest absolute Gasteiger partial charge is 0.481 e. The number of nitro groups is 1. The molecule has 0 spiro atoms. The number of aromatic nitrogens is 1. The third-order valence-corrected chi connectivity index (χ3v) is 1.89. The number of hydrogen-bond acceptors (Lipinski definition) is 4.